The van der Waals surface area contributed by atoms with Crippen LogP contribution in [0.25, 0.3) is 0 Å². The van der Waals surface area contributed by atoms with Gasteiger partial charge in [-0.15, -0.1) is 0 Å². The van der Waals surface area contributed by atoms with E-state index < -0.39 is 0 Å². The van der Waals surface area contributed by atoms with E-state index in [2.05, 4.69) is 39.9 Å². The number of nitrogens with one attached hydrogen (secondary N) is 1. The molecular formula is C15H33N. The number of hydrogen-bond donors (Lipinski definition) is 1. The Balaban J connectivity index is 3.66. The third-order valence-corrected chi connectivity index (χ3v) is 3.31. The maximum atomic E-state index is 3.59. The summed E-state index contributed by atoms with van der Waals surface area (Å²) in [5.74, 6) is 0. The highest BCUT2D eigenvalue weighted by Crippen LogP contribution is 2.29. The zero-order valence-electron chi connectivity index (χ0n) is 12.2. The minimum atomic E-state index is 0.508. The second-order valence-electron chi connectivity index (χ2n) is 6.03. The molecule has 0 spiro atoms. The second kappa shape index (κ2) is 9.04. The molecule has 0 heterocycles. The molecule has 1 N–H and O–H groups in total. The summed E-state index contributed by atoms with van der Waals surface area (Å²) in [6.45, 7) is 12.8. The first-order valence-electron chi connectivity index (χ1n) is 7.25. The van der Waals surface area contributed by atoms with Crippen LogP contribution in [0.1, 0.15) is 79.6 Å². The van der Waals surface area contributed by atoms with Gasteiger partial charge in [-0.05, 0) is 38.1 Å². The highest BCUT2D eigenvalue weighted by atomic mass is 14.9. The number of rotatable bonds is 10. The third-order valence-electron chi connectivity index (χ3n) is 3.31. The van der Waals surface area contributed by atoms with E-state index >= 15 is 0 Å². The highest BCUT2D eigenvalue weighted by Gasteiger charge is 2.20. The monoisotopic (exact) mass is 227 g/mol. The third kappa shape index (κ3) is 9.21. The fourth-order valence-electron chi connectivity index (χ4n) is 2.42. The average molecular weight is 227 g/mol. The fraction of sp³-hybridized carbons (Fsp3) is 1.00. The van der Waals surface area contributed by atoms with Crippen LogP contribution >= 0.6 is 0 Å². The zero-order valence-corrected chi connectivity index (χ0v) is 12.2. The molecule has 1 heteroatoms. The molecule has 0 bridgehead atoms. The molecule has 0 aliphatic rings. The lowest BCUT2D eigenvalue weighted by Gasteiger charge is -2.28. The summed E-state index contributed by atoms with van der Waals surface area (Å²) >= 11 is 0. The van der Waals surface area contributed by atoms with Crippen LogP contribution in [-0.4, -0.2) is 12.6 Å². The normalized spacial score (nSPS) is 14.1. The molecular weight excluding hydrogens is 194 g/mol. The van der Waals surface area contributed by atoms with Gasteiger partial charge in [0.05, 0.1) is 0 Å². The Hall–Kier alpha value is -0.0400. The molecule has 1 unspecified atom stereocenters. The lowest BCUT2D eigenvalue weighted by Crippen LogP contribution is -2.31. The fourth-order valence-corrected chi connectivity index (χ4v) is 2.42. The van der Waals surface area contributed by atoms with E-state index in [4.69, 9.17) is 0 Å². The van der Waals surface area contributed by atoms with Crippen LogP contribution in [0.2, 0.25) is 0 Å². The summed E-state index contributed by atoms with van der Waals surface area (Å²) in [6, 6.07) is 0.668. The van der Waals surface area contributed by atoms with E-state index in [1.807, 2.05) is 0 Å². The molecule has 0 radical (unpaired) electrons. The van der Waals surface area contributed by atoms with E-state index in [-0.39, 0.29) is 0 Å². The first-order chi connectivity index (χ1) is 7.52. The molecule has 0 saturated heterocycles. The minimum Gasteiger partial charge on any atom is -0.314 e. The van der Waals surface area contributed by atoms with Gasteiger partial charge in [0, 0.05) is 6.04 Å². The van der Waals surface area contributed by atoms with Gasteiger partial charge < -0.3 is 5.32 Å². The smallest absolute Gasteiger partial charge is 0.00438 e. The number of hydrogen-bond acceptors (Lipinski definition) is 1. The maximum Gasteiger partial charge on any atom is 0.00438 e. The molecule has 0 aliphatic carbocycles. The Morgan fingerprint density at radius 1 is 1.00 bits per heavy atom. The molecule has 1 nitrogen and oxygen atoms in total. The topological polar surface area (TPSA) is 12.0 Å². The lowest BCUT2D eigenvalue weighted by molar-refractivity contribution is 0.259. The van der Waals surface area contributed by atoms with Gasteiger partial charge in [0.25, 0.3) is 0 Å². The Morgan fingerprint density at radius 3 is 2.25 bits per heavy atom. The van der Waals surface area contributed by atoms with Crippen molar-refractivity contribution in [2.45, 2.75) is 85.6 Å². The van der Waals surface area contributed by atoms with E-state index in [0.717, 1.165) is 6.54 Å². The van der Waals surface area contributed by atoms with Crippen LogP contribution in [-0.2, 0) is 0 Å². The zero-order chi connectivity index (χ0) is 12.4. The summed E-state index contributed by atoms with van der Waals surface area (Å²) in [5, 5.41) is 3.59. The molecule has 0 aromatic rings. The van der Waals surface area contributed by atoms with Crippen LogP contribution < -0.4 is 5.32 Å². The molecule has 98 valence electrons. The van der Waals surface area contributed by atoms with Crippen molar-refractivity contribution in [1.29, 1.82) is 0 Å². The Bertz CT molecular complexity index is 152. The summed E-state index contributed by atoms with van der Waals surface area (Å²) in [4.78, 5) is 0. The van der Waals surface area contributed by atoms with Gasteiger partial charge in [-0.3, -0.25) is 0 Å². The summed E-state index contributed by atoms with van der Waals surface area (Å²) < 4.78 is 0. The molecule has 0 aromatic heterocycles. The quantitative estimate of drug-likeness (QED) is 0.531. The predicted octanol–water partition coefficient (Wildman–Crippen LogP) is 4.76. The summed E-state index contributed by atoms with van der Waals surface area (Å²) in [5.41, 5.74) is 0.508. The molecule has 0 fully saturated rings. The second-order valence-corrected chi connectivity index (χ2v) is 6.03. The molecule has 0 aromatic carbocycles. The van der Waals surface area contributed by atoms with Gasteiger partial charge >= 0.3 is 0 Å². The number of unbranched alkanes of at least 4 members (excludes halogenated alkanes) is 3. The molecule has 0 amide bonds. The van der Waals surface area contributed by atoms with Gasteiger partial charge in [0.15, 0.2) is 0 Å². The minimum absolute atomic E-state index is 0.508. The molecule has 0 rings (SSSR count). The largest absolute Gasteiger partial charge is 0.314 e. The SMILES string of the molecule is CCCCCCC(C)(C)CC(C)NCCC. The Kier molecular flexibility index (Phi) is 9.02. The Morgan fingerprint density at radius 2 is 1.69 bits per heavy atom. The van der Waals surface area contributed by atoms with Crippen LogP contribution in [0.4, 0.5) is 0 Å². The highest BCUT2D eigenvalue weighted by molar-refractivity contribution is 4.75. The van der Waals surface area contributed by atoms with Crippen molar-refractivity contribution in [2.75, 3.05) is 6.54 Å². The van der Waals surface area contributed by atoms with Crippen molar-refractivity contribution in [1.82, 2.24) is 5.32 Å². The maximum absolute atomic E-state index is 3.59. The van der Waals surface area contributed by atoms with Crippen LogP contribution in [0.3, 0.4) is 0 Å². The first-order valence-corrected chi connectivity index (χ1v) is 7.25. The molecule has 1 atom stereocenters. The van der Waals surface area contributed by atoms with Crippen molar-refractivity contribution in [3.05, 3.63) is 0 Å². The first kappa shape index (κ1) is 16.0. The molecule has 0 aliphatic heterocycles. The van der Waals surface area contributed by atoms with E-state index in [9.17, 15) is 0 Å². The molecule has 16 heavy (non-hydrogen) atoms. The van der Waals surface area contributed by atoms with Crippen LogP contribution in [0.5, 0.6) is 0 Å². The van der Waals surface area contributed by atoms with Crippen LogP contribution in [0.15, 0.2) is 0 Å². The van der Waals surface area contributed by atoms with Crippen LogP contribution in [0, 0.1) is 5.41 Å². The average Bonchev–Trinajstić information content (AvgIpc) is 2.21. The van der Waals surface area contributed by atoms with Crippen molar-refractivity contribution in [2.24, 2.45) is 5.41 Å². The van der Waals surface area contributed by atoms with Crippen molar-refractivity contribution < 1.29 is 0 Å². The summed E-state index contributed by atoms with van der Waals surface area (Å²) in [6.07, 6.45) is 9.48. The van der Waals surface area contributed by atoms with Crippen molar-refractivity contribution in [3.63, 3.8) is 0 Å². The van der Waals surface area contributed by atoms with E-state index in [1.165, 1.54) is 44.9 Å². The lowest BCUT2D eigenvalue weighted by atomic mass is 9.81. The van der Waals surface area contributed by atoms with Gasteiger partial charge in [-0.25, -0.2) is 0 Å². The van der Waals surface area contributed by atoms with Crippen molar-refractivity contribution >= 4 is 0 Å². The predicted molar refractivity (Wildman–Crippen MR) is 74.9 cm³/mol. The van der Waals surface area contributed by atoms with Gasteiger partial charge in [-0.2, -0.15) is 0 Å². The van der Waals surface area contributed by atoms with Gasteiger partial charge in [0.1, 0.15) is 0 Å². The molecule has 0 saturated carbocycles. The summed E-state index contributed by atoms with van der Waals surface area (Å²) in [7, 11) is 0. The van der Waals surface area contributed by atoms with Gasteiger partial charge in [0.2, 0.25) is 0 Å². The Labute approximate surface area is 103 Å². The van der Waals surface area contributed by atoms with E-state index in [0.29, 0.717) is 11.5 Å². The standard InChI is InChI=1S/C15H33N/c1-6-8-9-10-11-15(4,5)13-14(3)16-12-7-2/h14,16H,6-13H2,1-5H3. The van der Waals surface area contributed by atoms with E-state index in [1.54, 1.807) is 0 Å². The van der Waals surface area contributed by atoms with Gasteiger partial charge in [-0.1, -0.05) is 53.4 Å². The van der Waals surface area contributed by atoms with Crippen molar-refractivity contribution in [3.8, 4) is 0 Å².